The van der Waals surface area contributed by atoms with Crippen molar-refractivity contribution >= 4 is 5.97 Å². The second kappa shape index (κ2) is 5.95. The summed E-state index contributed by atoms with van der Waals surface area (Å²) in [7, 11) is 1.44. The van der Waals surface area contributed by atoms with Crippen molar-refractivity contribution in [3.8, 4) is 0 Å². The number of ether oxygens (including phenoxy) is 1. The molecule has 1 fully saturated rings. The van der Waals surface area contributed by atoms with Crippen molar-refractivity contribution in [1.29, 1.82) is 0 Å². The van der Waals surface area contributed by atoms with Gasteiger partial charge < -0.3 is 9.26 Å². The Bertz CT molecular complexity index is 397. The summed E-state index contributed by atoms with van der Waals surface area (Å²) >= 11 is 0. The smallest absolute Gasteiger partial charge is 0.308 e. The number of carbonyl (C=O) groups excluding carboxylic acids is 1. The van der Waals surface area contributed by atoms with Crippen LogP contribution in [0.5, 0.6) is 0 Å². The van der Waals surface area contributed by atoms with Crippen LogP contribution in [0.25, 0.3) is 0 Å². The number of aryl methyl sites for hydroxylation is 1. The van der Waals surface area contributed by atoms with E-state index in [1.54, 1.807) is 0 Å². The highest BCUT2D eigenvalue weighted by atomic mass is 16.5. The number of nitrogens with zero attached hydrogens (tertiary/aromatic N) is 3. The van der Waals surface area contributed by atoms with Crippen LogP contribution in [0, 0.1) is 5.92 Å². The van der Waals surface area contributed by atoms with Crippen molar-refractivity contribution < 1.29 is 14.1 Å². The quantitative estimate of drug-likeness (QED) is 0.746. The van der Waals surface area contributed by atoms with Gasteiger partial charge in [-0.1, -0.05) is 12.1 Å². The molecule has 0 atom stereocenters. The van der Waals surface area contributed by atoms with E-state index >= 15 is 0 Å². The van der Waals surface area contributed by atoms with Crippen LogP contribution in [0.15, 0.2) is 4.52 Å². The standard InChI is InChI=1S/C12H19N3O3/c1-3-10-13-11(18-14-10)8-15-6-4-9(5-7-15)12(16)17-2/h9H,3-8H2,1-2H3. The van der Waals surface area contributed by atoms with Crippen LogP contribution in [-0.2, 0) is 22.5 Å². The van der Waals surface area contributed by atoms with E-state index in [0.29, 0.717) is 12.4 Å². The van der Waals surface area contributed by atoms with Gasteiger partial charge in [-0.25, -0.2) is 0 Å². The lowest BCUT2D eigenvalue weighted by Gasteiger charge is -2.29. The van der Waals surface area contributed by atoms with Gasteiger partial charge in [-0.2, -0.15) is 4.98 Å². The first kappa shape index (κ1) is 13.0. The molecule has 2 heterocycles. The Kier molecular flexibility index (Phi) is 4.30. The van der Waals surface area contributed by atoms with Crippen LogP contribution in [-0.4, -0.2) is 41.2 Å². The summed E-state index contributed by atoms with van der Waals surface area (Å²) in [6.07, 6.45) is 2.46. The predicted molar refractivity (Wildman–Crippen MR) is 63.7 cm³/mol. The molecule has 1 saturated heterocycles. The highest BCUT2D eigenvalue weighted by Gasteiger charge is 2.26. The summed E-state index contributed by atoms with van der Waals surface area (Å²) in [5.41, 5.74) is 0. The Morgan fingerprint density at radius 1 is 1.50 bits per heavy atom. The van der Waals surface area contributed by atoms with Gasteiger partial charge in [0.05, 0.1) is 19.6 Å². The lowest BCUT2D eigenvalue weighted by molar-refractivity contribution is -0.147. The lowest BCUT2D eigenvalue weighted by atomic mass is 9.97. The minimum absolute atomic E-state index is 0.0418. The van der Waals surface area contributed by atoms with Crippen molar-refractivity contribution in [1.82, 2.24) is 15.0 Å². The van der Waals surface area contributed by atoms with Crippen LogP contribution in [0.1, 0.15) is 31.5 Å². The Balaban J connectivity index is 1.81. The highest BCUT2D eigenvalue weighted by molar-refractivity contribution is 5.72. The Morgan fingerprint density at radius 2 is 2.22 bits per heavy atom. The number of esters is 1. The first-order chi connectivity index (χ1) is 8.72. The van der Waals surface area contributed by atoms with Crippen molar-refractivity contribution in [3.63, 3.8) is 0 Å². The third kappa shape index (κ3) is 3.07. The van der Waals surface area contributed by atoms with Crippen LogP contribution in [0.3, 0.4) is 0 Å². The molecule has 1 aromatic heterocycles. The molecule has 0 bridgehead atoms. The number of piperidine rings is 1. The van der Waals surface area contributed by atoms with Crippen molar-refractivity contribution in [2.75, 3.05) is 20.2 Å². The van der Waals surface area contributed by atoms with Gasteiger partial charge in [-0.15, -0.1) is 0 Å². The molecule has 0 N–H and O–H groups in total. The average molecular weight is 253 g/mol. The molecule has 6 heteroatoms. The maximum absolute atomic E-state index is 11.4. The largest absolute Gasteiger partial charge is 0.469 e. The summed E-state index contributed by atoms with van der Waals surface area (Å²) < 4.78 is 9.92. The van der Waals surface area contributed by atoms with Gasteiger partial charge in [-0.05, 0) is 25.9 Å². The third-order valence-electron chi connectivity index (χ3n) is 3.31. The molecule has 0 aromatic carbocycles. The molecule has 0 saturated carbocycles. The molecule has 1 aliphatic rings. The first-order valence-electron chi connectivity index (χ1n) is 6.34. The van der Waals surface area contributed by atoms with Gasteiger partial charge in [-0.3, -0.25) is 9.69 Å². The molecule has 2 rings (SSSR count). The van der Waals surface area contributed by atoms with E-state index in [0.717, 1.165) is 38.2 Å². The minimum Gasteiger partial charge on any atom is -0.469 e. The third-order valence-corrected chi connectivity index (χ3v) is 3.31. The summed E-state index contributed by atoms with van der Waals surface area (Å²) in [5, 5.41) is 3.87. The summed E-state index contributed by atoms with van der Waals surface area (Å²) in [5.74, 6) is 1.35. The molecular formula is C12H19N3O3. The summed E-state index contributed by atoms with van der Waals surface area (Å²) in [6, 6.07) is 0. The normalized spacial score (nSPS) is 17.9. The zero-order valence-corrected chi connectivity index (χ0v) is 10.9. The maximum Gasteiger partial charge on any atom is 0.308 e. The monoisotopic (exact) mass is 253 g/mol. The van der Waals surface area contributed by atoms with E-state index < -0.39 is 0 Å². The van der Waals surface area contributed by atoms with Gasteiger partial charge in [0.25, 0.3) is 0 Å². The second-order valence-electron chi connectivity index (χ2n) is 4.53. The molecule has 0 amide bonds. The van der Waals surface area contributed by atoms with Gasteiger partial charge in [0.2, 0.25) is 5.89 Å². The van der Waals surface area contributed by atoms with E-state index in [2.05, 4.69) is 15.0 Å². The summed E-state index contributed by atoms with van der Waals surface area (Å²) in [4.78, 5) is 17.9. The molecule has 0 aliphatic carbocycles. The Hall–Kier alpha value is -1.43. The van der Waals surface area contributed by atoms with Gasteiger partial charge in [0.15, 0.2) is 5.82 Å². The van der Waals surface area contributed by atoms with E-state index in [4.69, 9.17) is 9.26 Å². The van der Waals surface area contributed by atoms with Crippen LogP contribution >= 0.6 is 0 Å². The van der Waals surface area contributed by atoms with Gasteiger partial charge in [0, 0.05) is 6.42 Å². The molecule has 0 spiro atoms. The molecule has 6 nitrogen and oxygen atoms in total. The topological polar surface area (TPSA) is 68.5 Å². The zero-order valence-electron chi connectivity index (χ0n) is 10.9. The number of aromatic nitrogens is 2. The van der Waals surface area contributed by atoms with Crippen molar-refractivity contribution in [3.05, 3.63) is 11.7 Å². The molecular weight excluding hydrogens is 234 g/mol. The lowest BCUT2D eigenvalue weighted by Crippen LogP contribution is -2.36. The highest BCUT2D eigenvalue weighted by Crippen LogP contribution is 2.19. The molecule has 1 aliphatic heterocycles. The molecule has 100 valence electrons. The van der Waals surface area contributed by atoms with E-state index in [9.17, 15) is 4.79 Å². The van der Waals surface area contributed by atoms with Gasteiger partial charge >= 0.3 is 5.97 Å². The van der Waals surface area contributed by atoms with Gasteiger partial charge in [0.1, 0.15) is 0 Å². The summed E-state index contributed by atoms with van der Waals surface area (Å²) in [6.45, 7) is 4.39. The Labute approximate surface area is 106 Å². The van der Waals surface area contributed by atoms with Crippen molar-refractivity contribution in [2.45, 2.75) is 32.7 Å². The number of methoxy groups -OCH3 is 1. The molecule has 18 heavy (non-hydrogen) atoms. The maximum atomic E-state index is 11.4. The number of likely N-dealkylation sites (tertiary alicyclic amines) is 1. The fourth-order valence-electron chi connectivity index (χ4n) is 2.18. The number of carbonyl (C=O) groups is 1. The van der Waals surface area contributed by atoms with E-state index in [-0.39, 0.29) is 11.9 Å². The number of rotatable bonds is 4. The molecule has 0 radical (unpaired) electrons. The fourth-order valence-corrected chi connectivity index (χ4v) is 2.18. The van der Waals surface area contributed by atoms with Crippen LogP contribution in [0.2, 0.25) is 0 Å². The number of hydrogen-bond donors (Lipinski definition) is 0. The first-order valence-corrected chi connectivity index (χ1v) is 6.34. The van der Waals surface area contributed by atoms with E-state index in [1.165, 1.54) is 7.11 Å². The minimum atomic E-state index is -0.0966. The van der Waals surface area contributed by atoms with Crippen molar-refractivity contribution in [2.24, 2.45) is 5.92 Å². The van der Waals surface area contributed by atoms with E-state index in [1.807, 2.05) is 6.92 Å². The second-order valence-corrected chi connectivity index (χ2v) is 4.53. The average Bonchev–Trinajstić information content (AvgIpc) is 2.86. The Morgan fingerprint density at radius 3 is 2.78 bits per heavy atom. The van der Waals surface area contributed by atoms with Crippen LogP contribution in [0.4, 0.5) is 0 Å². The van der Waals surface area contributed by atoms with Crippen LogP contribution < -0.4 is 0 Å². The SMILES string of the molecule is CCc1noc(CN2CCC(C(=O)OC)CC2)n1. The number of hydrogen-bond acceptors (Lipinski definition) is 6. The fraction of sp³-hybridized carbons (Fsp3) is 0.750. The predicted octanol–water partition coefficient (Wildman–Crippen LogP) is 1.02. The zero-order chi connectivity index (χ0) is 13.0. The molecule has 1 aromatic rings. The molecule has 0 unspecified atom stereocenters.